The molecule has 2 rings (SSSR count). The summed E-state index contributed by atoms with van der Waals surface area (Å²) in [6.07, 6.45) is 4.52. The lowest BCUT2D eigenvalue weighted by Crippen LogP contribution is -2.10. The summed E-state index contributed by atoms with van der Waals surface area (Å²) in [4.78, 5) is 16.6. The highest BCUT2D eigenvalue weighted by Crippen LogP contribution is 2.19. The molecule has 1 fully saturated rings. The van der Waals surface area contributed by atoms with Crippen molar-refractivity contribution < 1.29 is 14.3 Å². The zero-order chi connectivity index (χ0) is 13.0. The number of aryl methyl sites for hydroxylation is 2. The van der Waals surface area contributed by atoms with Crippen LogP contribution in [0.2, 0.25) is 0 Å². The van der Waals surface area contributed by atoms with Crippen LogP contribution in [-0.2, 0) is 9.47 Å². The fraction of sp³-hybridized carbons (Fsp3) is 0.692. The number of carbonyl (C=O) groups excluding carboxylic acids is 1. The summed E-state index contributed by atoms with van der Waals surface area (Å²) in [5.41, 5.74) is 0.765. The topological polar surface area (TPSA) is 48.4 Å². The van der Waals surface area contributed by atoms with Crippen molar-refractivity contribution in [3.63, 3.8) is 0 Å². The molecule has 1 aliphatic heterocycles. The predicted octanol–water partition coefficient (Wildman–Crippen LogP) is 2.88. The molecule has 2 heterocycles. The molecule has 1 aromatic rings. The predicted molar refractivity (Wildman–Crippen MR) is 70.1 cm³/mol. The highest BCUT2D eigenvalue weighted by atomic mass is 32.1. The van der Waals surface area contributed by atoms with Gasteiger partial charge in [0.2, 0.25) is 0 Å². The van der Waals surface area contributed by atoms with Crippen molar-refractivity contribution in [2.45, 2.75) is 45.6 Å². The van der Waals surface area contributed by atoms with Crippen LogP contribution in [0.25, 0.3) is 0 Å². The highest BCUT2D eigenvalue weighted by Gasteiger charge is 2.17. The van der Waals surface area contributed by atoms with Gasteiger partial charge in [0.25, 0.3) is 0 Å². The summed E-state index contributed by atoms with van der Waals surface area (Å²) in [5, 5.41) is 0.902. The van der Waals surface area contributed by atoms with Gasteiger partial charge in [0.15, 0.2) is 0 Å². The van der Waals surface area contributed by atoms with Crippen molar-refractivity contribution in [1.29, 1.82) is 0 Å². The van der Waals surface area contributed by atoms with E-state index in [0.717, 1.165) is 43.0 Å². The SMILES string of the molecule is Cc1nc(C)c(C(=O)OCCC[C@@H]2CCCO2)s1. The van der Waals surface area contributed by atoms with Crippen LogP contribution in [0.1, 0.15) is 46.1 Å². The number of carbonyl (C=O) groups is 1. The summed E-state index contributed by atoms with van der Waals surface area (Å²) in [6, 6.07) is 0. The van der Waals surface area contributed by atoms with Crippen LogP contribution in [0.5, 0.6) is 0 Å². The Morgan fingerprint density at radius 2 is 2.39 bits per heavy atom. The Kier molecular flexibility index (Phi) is 4.72. The second-order valence-electron chi connectivity index (χ2n) is 4.56. The van der Waals surface area contributed by atoms with E-state index in [1.165, 1.54) is 11.3 Å². The molecule has 0 amide bonds. The van der Waals surface area contributed by atoms with Crippen LogP contribution < -0.4 is 0 Å². The molecule has 5 heteroatoms. The molecule has 0 saturated carbocycles. The van der Waals surface area contributed by atoms with Gasteiger partial charge in [-0.05, 0) is 39.5 Å². The number of hydrogen-bond donors (Lipinski definition) is 0. The van der Waals surface area contributed by atoms with Crippen molar-refractivity contribution in [3.8, 4) is 0 Å². The lowest BCUT2D eigenvalue weighted by molar-refractivity contribution is 0.0465. The van der Waals surface area contributed by atoms with Gasteiger partial charge >= 0.3 is 5.97 Å². The van der Waals surface area contributed by atoms with Crippen molar-refractivity contribution >= 4 is 17.3 Å². The lowest BCUT2D eigenvalue weighted by Gasteiger charge is -2.08. The maximum absolute atomic E-state index is 11.8. The quantitative estimate of drug-likeness (QED) is 0.609. The van der Waals surface area contributed by atoms with E-state index in [9.17, 15) is 4.79 Å². The molecule has 1 aromatic heterocycles. The summed E-state index contributed by atoms with van der Waals surface area (Å²) in [7, 11) is 0. The molecule has 4 nitrogen and oxygen atoms in total. The molecular weight excluding hydrogens is 250 g/mol. The molecule has 0 aliphatic carbocycles. The van der Waals surface area contributed by atoms with Crippen molar-refractivity contribution in [3.05, 3.63) is 15.6 Å². The summed E-state index contributed by atoms with van der Waals surface area (Å²) in [5.74, 6) is -0.245. The third-order valence-corrected chi connectivity index (χ3v) is 4.07. The summed E-state index contributed by atoms with van der Waals surface area (Å²) in [6.45, 7) is 5.08. The molecule has 100 valence electrons. The van der Waals surface area contributed by atoms with E-state index < -0.39 is 0 Å². The van der Waals surface area contributed by atoms with Gasteiger partial charge in [-0.2, -0.15) is 0 Å². The second kappa shape index (κ2) is 6.29. The van der Waals surface area contributed by atoms with E-state index in [0.29, 0.717) is 17.6 Å². The van der Waals surface area contributed by atoms with Gasteiger partial charge in [-0.15, -0.1) is 11.3 Å². The van der Waals surface area contributed by atoms with Crippen LogP contribution in [0, 0.1) is 13.8 Å². The number of rotatable bonds is 5. The number of nitrogens with zero attached hydrogens (tertiary/aromatic N) is 1. The Hall–Kier alpha value is -0.940. The maximum atomic E-state index is 11.8. The largest absolute Gasteiger partial charge is 0.461 e. The smallest absolute Gasteiger partial charge is 0.350 e. The molecule has 0 N–H and O–H groups in total. The van der Waals surface area contributed by atoms with Crippen LogP contribution in [-0.4, -0.2) is 30.3 Å². The van der Waals surface area contributed by atoms with Crippen LogP contribution in [0.4, 0.5) is 0 Å². The molecule has 18 heavy (non-hydrogen) atoms. The van der Waals surface area contributed by atoms with Gasteiger partial charge in [0.1, 0.15) is 4.88 Å². The highest BCUT2D eigenvalue weighted by molar-refractivity contribution is 7.13. The van der Waals surface area contributed by atoms with Crippen molar-refractivity contribution in [2.75, 3.05) is 13.2 Å². The average Bonchev–Trinajstić information content (AvgIpc) is 2.94. The first-order valence-electron chi connectivity index (χ1n) is 6.39. The van der Waals surface area contributed by atoms with E-state index in [4.69, 9.17) is 9.47 Å². The Balaban J connectivity index is 1.70. The first-order chi connectivity index (χ1) is 8.66. The van der Waals surface area contributed by atoms with Gasteiger partial charge in [0, 0.05) is 6.61 Å². The van der Waals surface area contributed by atoms with E-state index in [1.807, 2.05) is 13.8 Å². The third-order valence-electron chi connectivity index (χ3n) is 3.02. The first-order valence-corrected chi connectivity index (χ1v) is 7.21. The van der Waals surface area contributed by atoms with Gasteiger partial charge in [-0.25, -0.2) is 9.78 Å². The zero-order valence-corrected chi connectivity index (χ0v) is 11.7. The molecule has 1 atom stereocenters. The van der Waals surface area contributed by atoms with Crippen LogP contribution in [0.15, 0.2) is 0 Å². The summed E-state index contributed by atoms with van der Waals surface area (Å²) >= 11 is 1.40. The van der Waals surface area contributed by atoms with Gasteiger partial charge in [-0.1, -0.05) is 0 Å². The van der Waals surface area contributed by atoms with Crippen LogP contribution >= 0.6 is 11.3 Å². The fourth-order valence-corrected chi connectivity index (χ4v) is 2.95. The molecule has 0 spiro atoms. The normalized spacial score (nSPS) is 19.1. The second-order valence-corrected chi connectivity index (χ2v) is 5.76. The van der Waals surface area contributed by atoms with Gasteiger partial charge < -0.3 is 9.47 Å². The molecule has 0 unspecified atom stereocenters. The Morgan fingerprint density at radius 1 is 1.56 bits per heavy atom. The molecule has 1 saturated heterocycles. The van der Waals surface area contributed by atoms with E-state index in [-0.39, 0.29) is 5.97 Å². The fourth-order valence-electron chi connectivity index (χ4n) is 2.13. The molecule has 1 aliphatic rings. The van der Waals surface area contributed by atoms with Crippen LogP contribution in [0.3, 0.4) is 0 Å². The molecule has 0 aromatic carbocycles. The minimum absolute atomic E-state index is 0.245. The number of esters is 1. The van der Waals surface area contributed by atoms with Gasteiger partial charge in [0.05, 0.1) is 23.4 Å². The number of ether oxygens (including phenoxy) is 2. The van der Waals surface area contributed by atoms with E-state index in [1.54, 1.807) is 0 Å². The monoisotopic (exact) mass is 269 g/mol. The molecule has 0 radical (unpaired) electrons. The Bertz CT molecular complexity index is 410. The standard InChI is InChI=1S/C13H19NO3S/c1-9-12(18-10(2)14-9)13(15)17-8-4-6-11-5-3-7-16-11/h11H,3-8H2,1-2H3/t11-/m0/s1. The maximum Gasteiger partial charge on any atom is 0.350 e. The number of aromatic nitrogens is 1. The number of hydrogen-bond acceptors (Lipinski definition) is 5. The van der Waals surface area contributed by atoms with E-state index >= 15 is 0 Å². The van der Waals surface area contributed by atoms with Crippen molar-refractivity contribution in [1.82, 2.24) is 4.98 Å². The summed E-state index contributed by atoms with van der Waals surface area (Å²) < 4.78 is 10.8. The van der Waals surface area contributed by atoms with Gasteiger partial charge in [-0.3, -0.25) is 0 Å². The van der Waals surface area contributed by atoms with E-state index in [2.05, 4.69) is 4.98 Å². The third kappa shape index (κ3) is 3.53. The molecular formula is C13H19NO3S. The van der Waals surface area contributed by atoms with Crippen molar-refractivity contribution in [2.24, 2.45) is 0 Å². The Labute approximate surface area is 111 Å². The zero-order valence-electron chi connectivity index (χ0n) is 10.9. The minimum atomic E-state index is -0.245. The molecule has 0 bridgehead atoms. The average molecular weight is 269 g/mol. The minimum Gasteiger partial charge on any atom is -0.461 e. The lowest BCUT2D eigenvalue weighted by atomic mass is 10.1. The first kappa shape index (κ1) is 13.5. The number of thiazole rings is 1. The Morgan fingerprint density at radius 3 is 3.00 bits per heavy atom.